The predicted octanol–water partition coefficient (Wildman–Crippen LogP) is 3.71. The maximum atomic E-state index is 10.8. The van der Waals surface area contributed by atoms with Gasteiger partial charge in [-0.05, 0) is 29.8 Å². The van der Waals surface area contributed by atoms with Crippen molar-refractivity contribution in [1.29, 1.82) is 0 Å². The van der Waals surface area contributed by atoms with Crippen LogP contribution >= 0.6 is 0 Å². The molecule has 0 aliphatic rings. The Hall–Kier alpha value is -3.14. The fourth-order valence-electron chi connectivity index (χ4n) is 2.34. The zero-order valence-corrected chi connectivity index (χ0v) is 16.5. The van der Waals surface area contributed by atoms with Crippen LogP contribution in [-0.4, -0.2) is 46.6 Å². The summed E-state index contributed by atoms with van der Waals surface area (Å²) in [5.74, 6) is 1.16. The molecule has 2 aromatic rings. The highest BCUT2D eigenvalue weighted by Gasteiger charge is 2.17. The van der Waals surface area contributed by atoms with Crippen LogP contribution in [0.2, 0.25) is 0 Å². The molecular formula is C20H23NO8. The number of methoxy groups -OCH3 is 3. The van der Waals surface area contributed by atoms with E-state index in [9.17, 15) is 10.1 Å². The Morgan fingerprint density at radius 1 is 0.793 bits per heavy atom. The Morgan fingerprint density at radius 2 is 1.38 bits per heavy atom. The summed E-state index contributed by atoms with van der Waals surface area (Å²) in [6.07, 6.45) is 3.60. The van der Waals surface area contributed by atoms with E-state index >= 15 is 0 Å². The fourth-order valence-corrected chi connectivity index (χ4v) is 2.34. The fraction of sp³-hybridized carbons (Fsp3) is 0.300. The standard InChI is InChI=1S/C20H23NO8/c1-24-12-27-18-11-8-16(19(28-13-25-2)20(18)29-14-26-3)7-4-15-5-9-17(10-6-15)21(22)23/h4-11H,12-14H2,1-3H3. The Bertz CT molecular complexity index is 820. The number of nitro groups is 1. The van der Waals surface area contributed by atoms with Crippen molar-refractivity contribution in [3.05, 3.63) is 57.6 Å². The maximum Gasteiger partial charge on any atom is 0.269 e. The minimum absolute atomic E-state index is 0.00452. The van der Waals surface area contributed by atoms with Gasteiger partial charge in [-0.1, -0.05) is 12.2 Å². The highest BCUT2D eigenvalue weighted by atomic mass is 16.7. The van der Waals surface area contributed by atoms with E-state index in [1.165, 1.54) is 33.5 Å². The molecule has 29 heavy (non-hydrogen) atoms. The van der Waals surface area contributed by atoms with Gasteiger partial charge in [0.05, 0.1) is 4.92 Å². The number of hydrogen-bond acceptors (Lipinski definition) is 8. The zero-order chi connectivity index (χ0) is 21.1. The van der Waals surface area contributed by atoms with Gasteiger partial charge in [-0.3, -0.25) is 10.1 Å². The van der Waals surface area contributed by atoms with Gasteiger partial charge < -0.3 is 28.4 Å². The van der Waals surface area contributed by atoms with Crippen molar-refractivity contribution >= 4 is 17.8 Å². The highest BCUT2D eigenvalue weighted by Crippen LogP contribution is 2.41. The number of hydrogen-bond donors (Lipinski definition) is 0. The molecular weight excluding hydrogens is 382 g/mol. The smallest absolute Gasteiger partial charge is 0.269 e. The van der Waals surface area contributed by atoms with Crippen LogP contribution in [0.1, 0.15) is 11.1 Å². The Labute approximate surface area is 168 Å². The van der Waals surface area contributed by atoms with Gasteiger partial charge in [-0.2, -0.15) is 0 Å². The van der Waals surface area contributed by atoms with Crippen molar-refractivity contribution in [1.82, 2.24) is 0 Å². The first-order chi connectivity index (χ1) is 14.1. The van der Waals surface area contributed by atoms with Crippen LogP contribution < -0.4 is 14.2 Å². The first-order valence-corrected chi connectivity index (χ1v) is 8.55. The van der Waals surface area contributed by atoms with Crippen molar-refractivity contribution in [2.24, 2.45) is 0 Å². The summed E-state index contributed by atoms with van der Waals surface area (Å²) in [7, 11) is 4.52. The van der Waals surface area contributed by atoms with E-state index in [1.54, 1.807) is 36.4 Å². The molecule has 0 aromatic heterocycles. The third kappa shape index (κ3) is 6.46. The van der Waals surface area contributed by atoms with E-state index in [0.29, 0.717) is 22.8 Å². The molecule has 0 N–H and O–H groups in total. The molecule has 0 saturated heterocycles. The van der Waals surface area contributed by atoms with E-state index in [0.717, 1.165) is 5.56 Å². The predicted molar refractivity (Wildman–Crippen MR) is 106 cm³/mol. The summed E-state index contributed by atoms with van der Waals surface area (Å²) in [6, 6.07) is 9.70. The van der Waals surface area contributed by atoms with Crippen LogP contribution in [0.5, 0.6) is 17.2 Å². The Morgan fingerprint density at radius 3 is 1.97 bits per heavy atom. The molecule has 9 nitrogen and oxygen atoms in total. The van der Waals surface area contributed by atoms with Gasteiger partial charge in [0, 0.05) is 39.0 Å². The lowest BCUT2D eigenvalue weighted by Crippen LogP contribution is -2.08. The summed E-state index contributed by atoms with van der Waals surface area (Å²) < 4.78 is 31.9. The number of nitro benzene ring substituents is 1. The number of benzene rings is 2. The molecule has 0 fully saturated rings. The van der Waals surface area contributed by atoms with Crippen LogP contribution in [0.3, 0.4) is 0 Å². The second kappa shape index (κ2) is 11.6. The summed E-state index contributed by atoms with van der Waals surface area (Å²) in [5, 5.41) is 10.8. The topological polar surface area (TPSA) is 98.5 Å². The van der Waals surface area contributed by atoms with Gasteiger partial charge in [-0.25, -0.2) is 0 Å². The van der Waals surface area contributed by atoms with Crippen molar-refractivity contribution < 1.29 is 33.3 Å². The summed E-state index contributed by atoms with van der Waals surface area (Å²) in [4.78, 5) is 10.3. The maximum absolute atomic E-state index is 10.8. The molecule has 0 atom stereocenters. The first kappa shape index (κ1) is 22.2. The minimum atomic E-state index is -0.442. The molecule has 0 amide bonds. The van der Waals surface area contributed by atoms with Gasteiger partial charge in [0.25, 0.3) is 5.69 Å². The monoisotopic (exact) mass is 405 g/mol. The van der Waals surface area contributed by atoms with E-state index in [-0.39, 0.29) is 26.1 Å². The quantitative estimate of drug-likeness (QED) is 0.228. The molecule has 156 valence electrons. The summed E-state index contributed by atoms with van der Waals surface area (Å²) in [6.45, 7) is 0.0166. The molecule has 0 aliphatic carbocycles. The lowest BCUT2D eigenvalue weighted by molar-refractivity contribution is -0.384. The van der Waals surface area contributed by atoms with E-state index in [1.807, 2.05) is 0 Å². The Kier molecular flexibility index (Phi) is 8.90. The molecule has 0 radical (unpaired) electrons. The van der Waals surface area contributed by atoms with Crippen LogP contribution in [0.25, 0.3) is 12.2 Å². The normalized spacial score (nSPS) is 10.9. The summed E-state index contributed by atoms with van der Waals surface area (Å²) in [5.41, 5.74) is 1.50. The van der Waals surface area contributed by atoms with Crippen molar-refractivity contribution in [3.8, 4) is 17.2 Å². The molecule has 0 bridgehead atoms. The highest BCUT2D eigenvalue weighted by molar-refractivity contribution is 5.76. The third-order valence-electron chi connectivity index (χ3n) is 3.64. The average molecular weight is 405 g/mol. The second-order valence-electron chi connectivity index (χ2n) is 5.65. The zero-order valence-electron chi connectivity index (χ0n) is 16.5. The Balaban J connectivity index is 2.38. The first-order valence-electron chi connectivity index (χ1n) is 8.55. The van der Waals surface area contributed by atoms with E-state index < -0.39 is 4.92 Å². The minimum Gasteiger partial charge on any atom is -0.464 e. The van der Waals surface area contributed by atoms with Gasteiger partial charge in [0.15, 0.2) is 31.9 Å². The van der Waals surface area contributed by atoms with E-state index in [2.05, 4.69) is 0 Å². The van der Waals surface area contributed by atoms with Gasteiger partial charge >= 0.3 is 0 Å². The van der Waals surface area contributed by atoms with Gasteiger partial charge in [-0.15, -0.1) is 0 Å². The molecule has 0 heterocycles. The molecule has 2 aromatic carbocycles. The number of non-ortho nitro benzene ring substituents is 1. The summed E-state index contributed by atoms with van der Waals surface area (Å²) >= 11 is 0. The second-order valence-corrected chi connectivity index (χ2v) is 5.65. The van der Waals surface area contributed by atoms with Crippen LogP contribution in [0.15, 0.2) is 36.4 Å². The SMILES string of the molecule is COCOc1ccc(C=Cc2ccc([N+](=O)[O-])cc2)c(OCOC)c1OCOC. The third-order valence-corrected chi connectivity index (χ3v) is 3.64. The number of ether oxygens (including phenoxy) is 6. The number of nitrogens with zero attached hydrogens (tertiary/aromatic N) is 1. The largest absolute Gasteiger partial charge is 0.464 e. The van der Waals surface area contributed by atoms with E-state index in [4.69, 9.17) is 28.4 Å². The molecule has 0 unspecified atom stereocenters. The lowest BCUT2D eigenvalue weighted by Gasteiger charge is -2.18. The lowest BCUT2D eigenvalue weighted by atomic mass is 10.1. The van der Waals surface area contributed by atoms with Crippen LogP contribution in [0, 0.1) is 10.1 Å². The van der Waals surface area contributed by atoms with Crippen LogP contribution in [-0.2, 0) is 14.2 Å². The van der Waals surface area contributed by atoms with Crippen molar-refractivity contribution in [3.63, 3.8) is 0 Å². The molecule has 2 rings (SSSR count). The molecule has 0 spiro atoms. The van der Waals surface area contributed by atoms with Crippen molar-refractivity contribution in [2.75, 3.05) is 41.7 Å². The van der Waals surface area contributed by atoms with Gasteiger partial charge in [0.2, 0.25) is 5.75 Å². The average Bonchev–Trinajstić information content (AvgIpc) is 2.74. The number of rotatable bonds is 12. The van der Waals surface area contributed by atoms with Crippen molar-refractivity contribution in [2.45, 2.75) is 0 Å². The molecule has 0 saturated carbocycles. The molecule has 0 aliphatic heterocycles. The molecule has 9 heteroatoms. The van der Waals surface area contributed by atoms with Gasteiger partial charge in [0.1, 0.15) is 0 Å². The van der Waals surface area contributed by atoms with Crippen LogP contribution in [0.4, 0.5) is 5.69 Å².